The monoisotopic (exact) mass is 339 g/mol. The van der Waals surface area contributed by atoms with Gasteiger partial charge in [-0.25, -0.2) is 9.78 Å². The van der Waals surface area contributed by atoms with E-state index in [1.54, 1.807) is 13.8 Å². The number of amides is 1. The van der Waals surface area contributed by atoms with Crippen molar-refractivity contribution in [2.75, 3.05) is 7.11 Å². The lowest BCUT2D eigenvalue weighted by atomic mass is 10.1. The van der Waals surface area contributed by atoms with Crippen LogP contribution in [0.25, 0.3) is 0 Å². The summed E-state index contributed by atoms with van der Waals surface area (Å²) in [5.41, 5.74) is 0.251. The summed E-state index contributed by atoms with van der Waals surface area (Å²) in [5, 5.41) is 9.38. The van der Waals surface area contributed by atoms with Gasteiger partial charge in [-0.1, -0.05) is 0 Å². The zero-order valence-corrected chi connectivity index (χ0v) is 13.8. The van der Waals surface area contributed by atoms with Gasteiger partial charge in [0.1, 0.15) is 18.0 Å². The number of methoxy groups -OCH3 is 1. The molecule has 24 heavy (non-hydrogen) atoms. The maximum atomic E-state index is 12.3. The number of hydrogen-bond donors (Lipinski definition) is 2. The van der Waals surface area contributed by atoms with Crippen LogP contribution in [-0.2, 0) is 23.9 Å². The van der Waals surface area contributed by atoms with Crippen molar-refractivity contribution in [1.29, 1.82) is 5.41 Å². The van der Waals surface area contributed by atoms with E-state index in [0.29, 0.717) is 6.21 Å². The van der Waals surface area contributed by atoms with Crippen molar-refractivity contribution in [3.63, 3.8) is 0 Å². The minimum absolute atomic E-state index is 0.0146. The first kappa shape index (κ1) is 19.5. The summed E-state index contributed by atoms with van der Waals surface area (Å²) in [4.78, 5) is 39.6. The second-order valence-electron chi connectivity index (χ2n) is 5.23. The highest BCUT2D eigenvalue weighted by Crippen LogP contribution is 2.15. The summed E-state index contributed by atoms with van der Waals surface area (Å²) in [5.74, 6) is -1.73. The molecule has 0 aliphatic carbocycles. The minimum atomic E-state index is -1.06. The summed E-state index contributed by atoms with van der Waals surface area (Å²) in [6.07, 6.45) is 1.60. The molecular formula is C15H21N3O6. The summed E-state index contributed by atoms with van der Waals surface area (Å²) in [6.45, 7) is 3.35. The molecule has 9 heteroatoms. The standard InChI is InChI=1S/C15H21N3O6/c1-9(2)24-15(21)11(5-4-10(19)6-16)18-14(20)13(22-3)12-7-23-8-17-12/h6-9,11,13,16H,4-5H2,1-3H3,(H,18,20)/t11-,13+/m0/s1. The number of Topliss-reactive ketones (excluding diaryl/α,β-unsaturated/α-hetero) is 1. The lowest BCUT2D eigenvalue weighted by molar-refractivity contribution is -0.152. The van der Waals surface area contributed by atoms with Crippen LogP contribution in [0.4, 0.5) is 0 Å². The predicted octanol–water partition coefficient (Wildman–Crippen LogP) is 0.797. The normalized spacial score (nSPS) is 13.2. The van der Waals surface area contributed by atoms with E-state index in [9.17, 15) is 14.4 Å². The number of hydrogen-bond acceptors (Lipinski definition) is 8. The summed E-state index contributed by atoms with van der Waals surface area (Å²) in [7, 11) is 1.32. The third-order valence-corrected chi connectivity index (χ3v) is 2.99. The highest BCUT2D eigenvalue weighted by Gasteiger charge is 2.29. The van der Waals surface area contributed by atoms with E-state index in [4.69, 9.17) is 19.3 Å². The average molecular weight is 339 g/mol. The summed E-state index contributed by atoms with van der Waals surface area (Å²) < 4.78 is 15.0. The second kappa shape index (κ2) is 9.56. The topological polar surface area (TPSA) is 132 Å². The minimum Gasteiger partial charge on any atom is -0.461 e. The molecule has 2 atom stereocenters. The third kappa shape index (κ3) is 5.92. The van der Waals surface area contributed by atoms with Gasteiger partial charge in [-0.05, 0) is 20.3 Å². The Hall–Kier alpha value is -2.55. The lowest BCUT2D eigenvalue weighted by Gasteiger charge is -2.21. The Bertz CT molecular complexity index is 570. The van der Waals surface area contributed by atoms with Crippen LogP contribution in [-0.4, -0.2) is 48.1 Å². The molecule has 132 valence electrons. The van der Waals surface area contributed by atoms with Gasteiger partial charge >= 0.3 is 5.97 Å². The largest absolute Gasteiger partial charge is 0.461 e. The number of aromatic nitrogens is 1. The smallest absolute Gasteiger partial charge is 0.328 e. The first-order valence-electron chi connectivity index (χ1n) is 7.34. The van der Waals surface area contributed by atoms with Crippen molar-refractivity contribution in [2.24, 2.45) is 0 Å². The molecule has 1 aromatic rings. The van der Waals surface area contributed by atoms with Crippen LogP contribution in [0.1, 0.15) is 38.5 Å². The van der Waals surface area contributed by atoms with Crippen molar-refractivity contribution >= 4 is 23.9 Å². The molecular weight excluding hydrogens is 318 g/mol. The molecule has 1 heterocycles. The Labute approximate surface area is 139 Å². The molecule has 0 fully saturated rings. The van der Waals surface area contributed by atoms with Crippen molar-refractivity contribution in [1.82, 2.24) is 10.3 Å². The Kier molecular flexibility index (Phi) is 7.76. The van der Waals surface area contributed by atoms with Crippen LogP contribution in [0, 0.1) is 5.41 Å². The SMILES string of the molecule is CO[C@@H](C(=O)N[C@@H](CCC(=O)C=N)C(=O)OC(C)C)c1cocn1. The van der Waals surface area contributed by atoms with Gasteiger partial charge in [-0.15, -0.1) is 0 Å². The molecule has 1 aromatic heterocycles. The highest BCUT2D eigenvalue weighted by molar-refractivity contribution is 6.26. The van der Waals surface area contributed by atoms with Gasteiger partial charge in [-0.2, -0.15) is 0 Å². The van der Waals surface area contributed by atoms with Crippen LogP contribution >= 0.6 is 0 Å². The summed E-state index contributed by atoms with van der Waals surface area (Å²) in [6, 6.07) is -1.03. The average Bonchev–Trinajstić information content (AvgIpc) is 3.05. The van der Waals surface area contributed by atoms with Crippen molar-refractivity contribution < 1.29 is 28.3 Å². The van der Waals surface area contributed by atoms with Crippen LogP contribution in [0.3, 0.4) is 0 Å². The van der Waals surface area contributed by atoms with Crippen molar-refractivity contribution in [3.05, 3.63) is 18.4 Å². The Morgan fingerprint density at radius 3 is 2.62 bits per heavy atom. The maximum absolute atomic E-state index is 12.3. The molecule has 0 spiro atoms. The van der Waals surface area contributed by atoms with Crippen molar-refractivity contribution in [2.45, 2.75) is 44.9 Å². The van der Waals surface area contributed by atoms with Gasteiger partial charge in [0.25, 0.3) is 5.91 Å². The number of nitrogens with one attached hydrogen (secondary N) is 2. The zero-order chi connectivity index (χ0) is 18.1. The van der Waals surface area contributed by atoms with Gasteiger partial charge in [0.2, 0.25) is 0 Å². The Morgan fingerprint density at radius 1 is 1.42 bits per heavy atom. The Balaban J connectivity index is 2.81. The zero-order valence-electron chi connectivity index (χ0n) is 13.8. The quantitative estimate of drug-likeness (QED) is 0.476. The molecule has 0 radical (unpaired) electrons. The van der Waals surface area contributed by atoms with Crippen LogP contribution < -0.4 is 5.32 Å². The van der Waals surface area contributed by atoms with Crippen LogP contribution in [0.2, 0.25) is 0 Å². The Morgan fingerprint density at radius 2 is 2.12 bits per heavy atom. The molecule has 0 unspecified atom stereocenters. The molecule has 1 rings (SSSR count). The molecule has 0 saturated carbocycles. The number of oxazole rings is 1. The van der Waals surface area contributed by atoms with Gasteiger partial charge < -0.3 is 24.6 Å². The fraction of sp³-hybridized carbons (Fsp3) is 0.533. The van der Waals surface area contributed by atoms with Gasteiger partial charge in [0, 0.05) is 13.5 Å². The third-order valence-electron chi connectivity index (χ3n) is 2.99. The highest BCUT2D eigenvalue weighted by atomic mass is 16.5. The second-order valence-corrected chi connectivity index (χ2v) is 5.23. The lowest BCUT2D eigenvalue weighted by Crippen LogP contribution is -2.45. The van der Waals surface area contributed by atoms with E-state index in [1.165, 1.54) is 13.4 Å². The number of ether oxygens (including phenoxy) is 2. The molecule has 2 N–H and O–H groups in total. The van der Waals surface area contributed by atoms with Crippen LogP contribution in [0.5, 0.6) is 0 Å². The van der Waals surface area contributed by atoms with E-state index in [2.05, 4.69) is 10.3 Å². The molecule has 0 aliphatic heterocycles. The molecule has 1 amide bonds. The van der Waals surface area contributed by atoms with E-state index in [-0.39, 0.29) is 24.6 Å². The molecule has 0 aromatic carbocycles. The predicted molar refractivity (Wildman–Crippen MR) is 82.4 cm³/mol. The van der Waals surface area contributed by atoms with Gasteiger partial charge in [0.15, 0.2) is 18.3 Å². The molecule has 0 saturated heterocycles. The van der Waals surface area contributed by atoms with E-state index >= 15 is 0 Å². The number of esters is 1. The maximum Gasteiger partial charge on any atom is 0.328 e. The molecule has 9 nitrogen and oxygen atoms in total. The summed E-state index contributed by atoms with van der Waals surface area (Å²) >= 11 is 0. The first-order valence-corrected chi connectivity index (χ1v) is 7.34. The number of carbonyl (C=O) groups excluding carboxylic acids is 3. The van der Waals surface area contributed by atoms with E-state index in [0.717, 1.165) is 6.39 Å². The fourth-order valence-corrected chi connectivity index (χ4v) is 1.88. The number of nitrogens with zero attached hydrogens (tertiary/aromatic N) is 1. The van der Waals surface area contributed by atoms with E-state index < -0.39 is 29.8 Å². The number of rotatable bonds is 10. The molecule has 0 aliphatic rings. The van der Waals surface area contributed by atoms with Gasteiger partial charge in [0.05, 0.1) is 12.3 Å². The van der Waals surface area contributed by atoms with Crippen molar-refractivity contribution in [3.8, 4) is 0 Å². The first-order chi connectivity index (χ1) is 11.4. The number of ketones is 1. The van der Waals surface area contributed by atoms with Gasteiger partial charge in [-0.3, -0.25) is 9.59 Å². The van der Waals surface area contributed by atoms with Crippen LogP contribution in [0.15, 0.2) is 17.1 Å². The fourth-order valence-electron chi connectivity index (χ4n) is 1.88. The van der Waals surface area contributed by atoms with E-state index in [1.807, 2.05) is 0 Å². The molecule has 0 bridgehead atoms. The number of carbonyl (C=O) groups is 3.